The summed E-state index contributed by atoms with van der Waals surface area (Å²) in [7, 11) is 0. The maximum Gasteiger partial charge on any atom is 0.246 e. The van der Waals surface area contributed by atoms with Gasteiger partial charge in [0.15, 0.2) is 0 Å². The molecule has 3 heterocycles. The number of fused-ring (bicyclic) bond motifs is 4. The van der Waals surface area contributed by atoms with Gasteiger partial charge in [-0.2, -0.15) is 0 Å². The first-order chi connectivity index (χ1) is 13.9. The van der Waals surface area contributed by atoms with Gasteiger partial charge < -0.3 is 14.8 Å². The number of H-pyrrole nitrogens is 1. The molecule has 2 amide bonds. The van der Waals surface area contributed by atoms with E-state index in [1.165, 1.54) is 17.4 Å². The molecular weight excluding hydrogens is 362 g/mol. The summed E-state index contributed by atoms with van der Waals surface area (Å²) in [6.07, 6.45) is 5.10. The molecule has 0 saturated carbocycles. The number of hydrogen-bond acceptors (Lipinski definition) is 2. The van der Waals surface area contributed by atoms with Crippen molar-refractivity contribution in [1.82, 2.24) is 14.8 Å². The van der Waals surface area contributed by atoms with Crippen LogP contribution in [0.5, 0.6) is 0 Å². The van der Waals surface area contributed by atoms with Crippen molar-refractivity contribution >= 4 is 22.7 Å². The second-order valence-corrected chi connectivity index (χ2v) is 9.20. The van der Waals surface area contributed by atoms with Crippen LogP contribution in [0.3, 0.4) is 0 Å². The number of carbonyl (C=O) groups is 2. The van der Waals surface area contributed by atoms with Crippen LogP contribution in [0.1, 0.15) is 64.6 Å². The van der Waals surface area contributed by atoms with Crippen molar-refractivity contribution < 1.29 is 9.59 Å². The molecule has 5 heteroatoms. The van der Waals surface area contributed by atoms with Crippen molar-refractivity contribution in [3.63, 3.8) is 0 Å². The fourth-order valence-electron chi connectivity index (χ4n) is 5.32. The monoisotopic (exact) mass is 395 g/mol. The number of piperazine rings is 1. The summed E-state index contributed by atoms with van der Waals surface area (Å²) in [6, 6.07) is 7.83. The highest BCUT2D eigenvalue weighted by Gasteiger charge is 2.51. The zero-order chi connectivity index (χ0) is 20.8. The Labute approximate surface area is 173 Å². The van der Waals surface area contributed by atoms with Gasteiger partial charge in [0.2, 0.25) is 11.8 Å². The Kier molecular flexibility index (Phi) is 5.18. The third-order valence-electron chi connectivity index (χ3n) is 6.95. The molecular formula is C24H33N3O2. The highest BCUT2D eigenvalue weighted by Crippen LogP contribution is 2.42. The normalized spacial score (nSPS) is 22.0. The molecule has 1 N–H and O–H groups in total. The van der Waals surface area contributed by atoms with E-state index < -0.39 is 11.6 Å². The Bertz CT molecular complexity index is 929. The third-order valence-corrected chi connectivity index (χ3v) is 6.95. The summed E-state index contributed by atoms with van der Waals surface area (Å²) < 4.78 is 0. The molecule has 5 nitrogen and oxygen atoms in total. The van der Waals surface area contributed by atoms with Gasteiger partial charge in [0.05, 0.1) is 12.1 Å². The zero-order valence-electron chi connectivity index (χ0n) is 18.1. The fourth-order valence-corrected chi connectivity index (χ4v) is 5.32. The molecule has 0 bridgehead atoms. The zero-order valence-corrected chi connectivity index (χ0v) is 18.1. The maximum absolute atomic E-state index is 13.5. The van der Waals surface area contributed by atoms with E-state index in [0.717, 1.165) is 30.5 Å². The van der Waals surface area contributed by atoms with Gasteiger partial charge in [-0.05, 0) is 37.8 Å². The average Bonchev–Trinajstić information content (AvgIpc) is 3.08. The predicted molar refractivity (Wildman–Crippen MR) is 116 cm³/mol. The van der Waals surface area contributed by atoms with Crippen LogP contribution < -0.4 is 0 Å². The van der Waals surface area contributed by atoms with Gasteiger partial charge in [-0.3, -0.25) is 9.59 Å². The first-order valence-electron chi connectivity index (χ1n) is 11.1. The number of amides is 2. The van der Waals surface area contributed by atoms with Crippen molar-refractivity contribution in [2.75, 3.05) is 13.1 Å². The van der Waals surface area contributed by atoms with E-state index in [4.69, 9.17) is 0 Å². The molecule has 1 aromatic carbocycles. The number of rotatable bonds is 6. The number of benzene rings is 1. The summed E-state index contributed by atoms with van der Waals surface area (Å²) >= 11 is 0. The van der Waals surface area contributed by atoms with Crippen molar-refractivity contribution in [1.29, 1.82) is 0 Å². The van der Waals surface area contributed by atoms with Gasteiger partial charge in [0, 0.05) is 29.6 Å². The summed E-state index contributed by atoms with van der Waals surface area (Å²) in [6.45, 7) is 9.41. The largest absolute Gasteiger partial charge is 0.356 e. The van der Waals surface area contributed by atoms with Gasteiger partial charge in [0.25, 0.3) is 0 Å². The Morgan fingerprint density at radius 1 is 1.21 bits per heavy atom. The third kappa shape index (κ3) is 3.24. The Morgan fingerprint density at radius 3 is 2.69 bits per heavy atom. The van der Waals surface area contributed by atoms with Gasteiger partial charge in [-0.15, -0.1) is 0 Å². The molecule has 1 aromatic heterocycles. The quantitative estimate of drug-likeness (QED) is 0.796. The van der Waals surface area contributed by atoms with Crippen molar-refractivity contribution in [2.45, 2.75) is 71.4 Å². The first-order valence-corrected chi connectivity index (χ1v) is 11.1. The molecule has 2 aliphatic rings. The van der Waals surface area contributed by atoms with Crippen LogP contribution in [-0.2, 0) is 21.5 Å². The lowest BCUT2D eigenvalue weighted by atomic mass is 9.82. The van der Waals surface area contributed by atoms with Crippen LogP contribution in [0.15, 0.2) is 24.3 Å². The summed E-state index contributed by atoms with van der Waals surface area (Å²) in [5.74, 6) is 0.649. The van der Waals surface area contributed by atoms with E-state index in [1.54, 1.807) is 0 Å². The Hall–Kier alpha value is -2.30. The number of nitrogens with zero attached hydrogens (tertiary/aromatic N) is 2. The molecule has 2 aromatic rings. The van der Waals surface area contributed by atoms with Gasteiger partial charge in [-0.1, -0.05) is 51.3 Å². The summed E-state index contributed by atoms with van der Waals surface area (Å²) in [4.78, 5) is 33.9. The number of nitrogens with one attached hydrogen (secondary N) is 1. The van der Waals surface area contributed by atoms with E-state index in [0.29, 0.717) is 18.9 Å². The van der Waals surface area contributed by atoms with Gasteiger partial charge in [-0.25, -0.2) is 0 Å². The number of unbranched alkanes of at least 4 members (excludes halogenated alkanes) is 1. The van der Waals surface area contributed by atoms with E-state index in [1.807, 2.05) is 21.9 Å². The highest BCUT2D eigenvalue weighted by molar-refractivity contribution is 5.97. The molecule has 0 spiro atoms. The van der Waals surface area contributed by atoms with Crippen LogP contribution in [0.2, 0.25) is 0 Å². The molecule has 2 atom stereocenters. The van der Waals surface area contributed by atoms with Gasteiger partial charge >= 0.3 is 0 Å². The van der Waals surface area contributed by atoms with E-state index >= 15 is 0 Å². The minimum atomic E-state index is -0.525. The summed E-state index contributed by atoms with van der Waals surface area (Å²) in [5, 5.41) is 1.17. The smallest absolute Gasteiger partial charge is 0.246 e. The molecule has 2 aliphatic heterocycles. The standard InChI is InChI=1S/C24H33N3O2/c1-5-7-10-16(6-2)14-26-15-21(28)27-20(23(26)29)13-18-17-11-8-9-12-19(17)25-22(18)24(27,3)4/h8-9,11-12,16,20,25H,5-7,10,13-15H2,1-4H3/t16?,20-/m0/s1. The predicted octanol–water partition coefficient (Wildman–Crippen LogP) is 4.21. The second kappa shape index (κ2) is 7.51. The van der Waals surface area contributed by atoms with E-state index in [-0.39, 0.29) is 18.4 Å². The van der Waals surface area contributed by atoms with Crippen molar-refractivity contribution in [3.8, 4) is 0 Å². The van der Waals surface area contributed by atoms with Crippen molar-refractivity contribution in [2.24, 2.45) is 5.92 Å². The molecule has 0 aliphatic carbocycles. The average molecular weight is 396 g/mol. The number of aromatic nitrogens is 1. The minimum Gasteiger partial charge on any atom is -0.356 e. The van der Waals surface area contributed by atoms with Crippen LogP contribution in [-0.4, -0.2) is 45.7 Å². The molecule has 1 unspecified atom stereocenters. The van der Waals surface area contributed by atoms with Crippen LogP contribution in [0.25, 0.3) is 10.9 Å². The molecule has 1 fully saturated rings. The molecule has 0 radical (unpaired) electrons. The highest BCUT2D eigenvalue weighted by atomic mass is 16.2. The lowest BCUT2D eigenvalue weighted by molar-refractivity contribution is -0.164. The SMILES string of the molecule is CCCCC(CC)CN1CC(=O)N2[C@@H](Cc3c([nH]c4ccccc34)C2(C)C)C1=O. The number of para-hydroxylation sites is 1. The van der Waals surface area contributed by atoms with Gasteiger partial charge in [0.1, 0.15) is 6.04 Å². The lowest BCUT2D eigenvalue weighted by Gasteiger charge is -2.51. The number of aromatic amines is 1. The molecule has 1 saturated heterocycles. The van der Waals surface area contributed by atoms with Crippen LogP contribution >= 0.6 is 0 Å². The fraction of sp³-hybridized carbons (Fsp3) is 0.583. The van der Waals surface area contributed by atoms with Crippen LogP contribution in [0, 0.1) is 5.92 Å². The first kappa shape index (κ1) is 20.0. The van der Waals surface area contributed by atoms with E-state index in [2.05, 4.69) is 44.8 Å². The maximum atomic E-state index is 13.5. The Morgan fingerprint density at radius 2 is 1.97 bits per heavy atom. The molecule has 29 heavy (non-hydrogen) atoms. The minimum absolute atomic E-state index is 0.0641. The van der Waals surface area contributed by atoms with Crippen LogP contribution in [0.4, 0.5) is 0 Å². The number of hydrogen-bond donors (Lipinski definition) is 1. The van der Waals surface area contributed by atoms with E-state index in [9.17, 15) is 9.59 Å². The molecule has 4 rings (SSSR count). The Balaban J connectivity index is 1.67. The molecule has 156 valence electrons. The summed E-state index contributed by atoms with van der Waals surface area (Å²) in [5.41, 5.74) is 2.81. The number of carbonyl (C=O) groups excluding carboxylic acids is 2. The lowest BCUT2D eigenvalue weighted by Crippen LogP contribution is -2.67. The second-order valence-electron chi connectivity index (χ2n) is 9.20. The topological polar surface area (TPSA) is 56.4 Å². The van der Waals surface area contributed by atoms with Crippen molar-refractivity contribution in [3.05, 3.63) is 35.5 Å².